The highest BCUT2D eigenvalue weighted by Crippen LogP contribution is 2.18. The zero-order chi connectivity index (χ0) is 21.3. The fourth-order valence-electron chi connectivity index (χ4n) is 3.62. The van der Waals surface area contributed by atoms with Gasteiger partial charge in [-0.05, 0) is 43.5 Å². The molecular weight excluding hydrogens is 519 g/mol. The molecule has 2 aromatic rings. The number of anilines is 1. The average Bonchev–Trinajstić information content (AvgIpc) is 3.23. The van der Waals surface area contributed by atoms with Crippen molar-refractivity contribution in [2.45, 2.75) is 39.7 Å². The van der Waals surface area contributed by atoms with E-state index in [1.807, 2.05) is 7.05 Å². The first-order chi connectivity index (χ1) is 14.5. The number of rotatable bonds is 8. The molecule has 0 bridgehead atoms. The standard InChI is InChI=1S/C23H36N6S.HI/c1-18(2)21-17-30-22(27-21)16-26-23(24-4)25-9-6-10-28-11-13-29(14-12-28)20-8-5-7-19(3)15-20;/h5,7-8,15,17-18H,6,9-14,16H2,1-4H3,(H2,24,25,26);1H. The van der Waals surface area contributed by atoms with E-state index in [1.54, 1.807) is 11.3 Å². The van der Waals surface area contributed by atoms with E-state index in [2.05, 4.69) is 80.8 Å². The quantitative estimate of drug-likeness (QED) is 0.222. The number of nitrogens with one attached hydrogen (secondary N) is 2. The molecule has 3 rings (SSSR count). The summed E-state index contributed by atoms with van der Waals surface area (Å²) < 4.78 is 0. The van der Waals surface area contributed by atoms with Crippen molar-refractivity contribution in [3.05, 3.63) is 45.9 Å². The van der Waals surface area contributed by atoms with Gasteiger partial charge in [0.05, 0.1) is 12.2 Å². The number of hydrogen-bond donors (Lipinski definition) is 2. The summed E-state index contributed by atoms with van der Waals surface area (Å²) >= 11 is 1.71. The zero-order valence-electron chi connectivity index (χ0n) is 19.2. The first-order valence-corrected chi connectivity index (χ1v) is 11.9. The van der Waals surface area contributed by atoms with Crippen LogP contribution in [0.2, 0.25) is 0 Å². The summed E-state index contributed by atoms with van der Waals surface area (Å²) in [7, 11) is 1.82. The minimum atomic E-state index is 0. The Hall–Kier alpha value is -1.39. The van der Waals surface area contributed by atoms with Gasteiger partial charge < -0.3 is 15.5 Å². The minimum Gasteiger partial charge on any atom is -0.369 e. The predicted molar refractivity (Wildman–Crippen MR) is 144 cm³/mol. The van der Waals surface area contributed by atoms with Crippen molar-refractivity contribution in [2.24, 2.45) is 4.99 Å². The van der Waals surface area contributed by atoms with Crippen molar-refractivity contribution < 1.29 is 0 Å². The van der Waals surface area contributed by atoms with Gasteiger partial charge in [-0.15, -0.1) is 35.3 Å². The number of nitrogens with zero attached hydrogens (tertiary/aromatic N) is 4. The van der Waals surface area contributed by atoms with E-state index in [0.29, 0.717) is 5.92 Å². The first-order valence-electron chi connectivity index (χ1n) is 11.0. The van der Waals surface area contributed by atoms with Gasteiger partial charge in [0.15, 0.2) is 5.96 Å². The van der Waals surface area contributed by atoms with Crippen LogP contribution < -0.4 is 15.5 Å². The number of benzene rings is 1. The van der Waals surface area contributed by atoms with Gasteiger partial charge in [-0.25, -0.2) is 4.98 Å². The molecule has 0 saturated carbocycles. The SMILES string of the molecule is CN=C(NCCCN1CCN(c2cccc(C)c2)CC1)NCc1nc(C(C)C)cs1.I. The molecule has 0 radical (unpaired) electrons. The van der Waals surface area contributed by atoms with E-state index in [0.717, 1.165) is 63.2 Å². The molecule has 1 aromatic carbocycles. The average molecular weight is 557 g/mol. The molecule has 2 N–H and O–H groups in total. The Bertz CT molecular complexity index is 814. The molecule has 0 amide bonds. The Morgan fingerprint density at radius 3 is 2.61 bits per heavy atom. The molecule has 0 atom stereocenters. The second kappa shape index (κ2) is 13.2. The third-order valence-electron chi connectivity index (χ3n) is 5.47. The topological polar surface area (TPSA) is 55.8 Å². The van der Waals surface area contributed by atoms with Crippen molar-refractivity contribution in [1.82, 2.24) is 20.5 Å². The highest BCUT2D eigenvalue weighted by molar-refractivity contribution is 14.0. The predicted octanol–water partition coefficient (Wildman–Crippen LogP) is 4.07. The molecule has 31 heavy (non-hydrogen) atoms. The van der Waals surface area contributed by atoms with Crippen LogP contribution in [0.15, 0.2) is 34.6 Å². The molecule has 1 aliphatic rings. The summed E-state index contributed by atoms with van der Waals surface area (Å²) in [6.07, 6.45) is 1.11. The third-order valence-corrected chi connectivity index (χ3v) is 6.34. The molecule has 0 unspecified atom stereocenters. The van der Waals surface area contributed by atoms with Crippen molar-refractivity contribution in [3.63, 3.8) is 0 Å². The summed E-state index contributed by atoms with van der Waals surface area (Å²) in [5.41, 5.74) is 3.85. The molecule has 1 saturated heterocycles. The van der Waals surface area contributed by atoms with E-state index in [-0.39, 0.29) is 24.0 Å². The van der Waals surface area contributed by atoms with Crippen LogP contribution in [0.5, 0.6) is 0 Å². The highest BCUT2D eigenvalue weighted by atomic mass is 127. The smallest absolute Gasteiger partial charge is 0.191 e. The van der Waals surface area contributed by atoms with Gasteiger partial charge in [-0.3, -0.25) is 9.89 Å². The lowest BCUT2D eigenvalue weighted by Gasteiger charge is -2.36. The van der Waals surface area contributed by atoms with Crippen LogP contribution in [0, 0.1) is 6.92 Å². The Morgan fingerprint density at radius 1 is 1.19 bits per heavy atom. The van der Waals surface area contributed by atoms with E-state index < -0.39 is 0 Å². The van der Waals surface area contributed by atoms with E-state index in [1.165, 1.54) is 16.9 Å². The van der Waals surface area contributed by atoms with Crippen LogP contribution in [0.25, 0.3) is 0 Å². The second-order valence-electron chi connectivity index (χ2n) is 8.19. The Labute approximate surface area is 208 Å². The zero-order valence-corrected chi connectivity index (χ0v) is 22.4. The van der Waals surface area contributed by atoms with Gasteiger partial charge in [-0.2, -0.15) is 0 Å². The molecule has 1 aliphatic heterocycles. The van der Waals surface area contributed by atoms with Gasteiger partial charge in [0.1, 0.15) is 5.01 Å². The molecular formula is C23H37IN6S. The molecule has 6 nitrogen and oxygen atoms in total. The second-order valence-corrected chi connectivity index (χ2v) is 9.14. The van der Waals surface area contributed by atoms with Crippen molar-refractivity contribution >= 4 is 47.0 Å². The van der Waals surface area contributed by atoms with E-state index >= 15 is 0 Å². The molecule has 2 heterocycles. The summed E-state index contributed by atoms with van der Waals surface area (Å²) in [6, 6.07) is 8.82. The Morgan fingerprint density at radius 2 is 1.97 bits per heavy atom. The first kappa shape index (κ1) is 25.9. The summed E-state index contributed by atoms with van der Waals surface area (Å²) in [5.74, 6) is 1.33. The monoisotopic (exact) mass is 556 g/mol. The number of aliphatic imine (C=N–C) groups is 1. The highest BCUT2D eigenvalue weighted by Gasteiger charge is 2.16. The van der Waals surface area contributed by atoms with Crippen molar-refractivity contribution in [3.8, 4) is 0 Å². The van der Waals surface area contributed by atoms with E-state index in [9.17, 15) is 0 Å². The van der Waals surface area contributed by atoms with Gasteiger partial charge >= 0.3 is 0 Å². The van der Waals surface area contributed by atoms with Crippen LogP contribution >= 0.6 is 35.3 Å². The van der Waals surface area contributed by atoms with Gasteiger partial charge in [0.2, 0.25) is 0 Å². The molecule has 172 valence electrons. The van der Waals surface area contributed by atoms with Crippen LogP contribution in [-0.4, -0.2) is 62.2 Å². The molecule has 0 spiro atoms. The normalized spacial score (nSPS) is 15.1. The molecule has 1 fully saturated rings. The lowest BCUT2D eigenvalue weighted by molar-refractivity contribution is 0.255. The van der Waals surface area contributed by atoms with E-state index in [4.69, 9.17) is 0 Å². The fraction of sp³-hybridized carbons (Fsp3) is 0.565. The number of thiazole rings is 1. The summed E-state index contributed by atoms with van der Waals surface area (Å²) in [6.45, 7) is 13.7. The van der Waals surface area contributed by atoms with Gasteiger partial charge in [0, 0.05) is 50.8 Å². The largest absolute Gasteiger partial charge is 0.369 e. The summed E-state index contributed by atoms with van der Waals surface area (Å²) in [5, 5.41) is 10.1. The number of aryl methyl sites for hydroxylation is 1. The molecule has 1 aromatic heterocycles. The maximum Gasteiger partial charge on any atom is 0.191 e. The maximum absolute atomic E-state index is 4.67. The lowest BCUT2D eigenvalue weighted by Crippen LogP contribution is -2.47. The number of hydrogen-bond acceptors (Lipinski definition) is 5. The maximum atomic E-state index is 4.67. The Kier molecular flexibility index (Phi) is 11.0. The van der Waals surface area contributed by atoms with Gasteiger partial charge in [-0.1, -0.05) is 26.0 Å². The molecule has 8 heteroatoms. The number of guanidine groups is 1. The summed E-state index contributed by atoms with van der Waals surface area (Å²) in [4.78, 5) is 14.1. The fourth-order valence-corrected chi connectivity index (χ4v) is 4.51. The van der Waals surface area contributed by atoms with Crippen molar-refractivity contribution in [2.75, 3.05) is 51.2 Å². The van der Waals surface area contributed by atoms with Crippen LogP contribution in [0.1, 0.15) is 42.5 Å². The van der Waals surface area contributed by atoms with Crippen LogP contribution in [0.3, 0.4) is 0 Å². The lowest BCUT2D eigenvalue weighted by atomic mass is 10.2. The minimum absolute atomic E-state index is 0. The number of halogens is 1. The number of piperazine rings is 1. The molecule has 0 aliphatic carbocycles. The van der Waals surface area contributed by atoms with Crippen LogP contribution in [0.4, 0.5) is 5.69 Å². The Balaban J connectivity index is 0.00000341. The van der Waals surface area contributed by atoms with Gasteiger partial charge in [0.25, 0.3) is 0 Å². The number of aromatic nitrogens is 1. The van der Waals surface area contributed by atoms with Crippen LogP contribution in [-0.2, 0) is 6.54 Å². The third kappa shape index (κ3) is 8.23. The van der Waals surface area contributed by atoms with Crippen molar-refractivity contribution in [1.29, 1.82) is 0 Å².